The van der Waals surface area contributed by atoms with Crippen LogP contribution in [0.4, 0.5) is 5.69 Å². The molecule has 0 bridgehead atoms. The van der Waals surface area contributed by atoms with Crippen LogP contribution in [0, 0.1) is 0 Å². The number of anilines is 1. The molecule has 2 aromatic carbocycles. The molecule has 0 atom stereocenters. The van der Waals surface area contributed by atoms with Gasteiger partial charge in [0.15, 0.2) is 4.34 Å². The molecular weight excluding hydrogens is 428 g/mol. The number of nitrogens with zero attached hydrogens (tertiary/aromatic N) is 2. The number of hydrogen-bond donors (Lipinski definition) is 2. The third kappa shape index (κ3) is 5.64. The van der Waals surface area contributed by atoms with E-state index in [4.69, 9.17) is 9.72 Å². The number of carbonyl (C=O) groups is 1. The number of rotatable bonds is 9. The predicted molar refractivity (Wildman–Crippen MR) is 129 cm³/mol. The quantitative estimate of drug-likeness (QED) is 0.319. The molecule has 0 radical (unpaired) electrons. The monoisotopic (exact) mass is 454 g/mol. The average molecular weight is 455 g/mol. The van der Waals surface area contributed by atoms with Crippen LogP contribution in [0.3, 0.4) is 0 Å². The van der Waals surface area contributed by atoms with Gasteiger partial charge in [-0.1, -0.05) is 23.9 Å². The van der Waals surface area contributed by atoms with Crippen molar-refractivity contribution >= 4 is 55.9 Å². The van der Waals surface area contributed by atoms with Crippen molar-refractivity contribution in [3.63, 3.8) is 0 Å². The van der Waals surface area contributed by atoms with Gasteiger partial charge in [0, 0.05) is 31.4 Å². The molecule has 0 fully saturated rings. The number of H-pyrrole nitrogens is 1. The van der Waals surface area contributed by atoms with Crippen LogP contribution in [-0.2, 0) is 16.0 Å². The standard InChI is InChI=1S/C23H26N4O2S2/c1-23(2,29-3)12-13-30-22-27-18-9-8-15(14-19(18)31-22)24-21(28)11-10-20-25-16-6-4-5-7-17(16)26-20/h4-9,14H,10-13H2,1-3H3,(H,24,28)(H,25,26). The number of hydrogen-bond acceptors (Lipinski definition) is 6. The summed E-state index contributed by atoms with van der Waals surface area (Å²) in [7, 11) is 1.74. The van der Waals surface area contributed by atoms with Crippen molar-refractivity contribution in [2.75, 3.05) is 18.2 Å². The number of methoxy groups -OCH3 is 1. The fourth-order valence-electron chi connectivity index (χ4n) is 3.11. The zero-order chi connectivity index (χ0) is 21.8. The molecular formula is C23H26N4O2S2. The molecule has 0 saturated carbocycles. The lowest BCUT2D eigenvalue weighted by Crippen LogP contribution is -2.22. The van der Waals surface area contributed by atoms with Gasteiger partial charge in [-0.3, -0.25) is 4.79 Å². The van der Waals surface area contributed by atoms with Crippen molar-refractivity contribution in [1.82, 2.24) is 15.0 Å². The molecule has 4 aromatic rings. The van der Waals surface area contributed by atoms with Gasteiger partial charge >= 0.3 is 0 Å². The van der Waals surface area contributed by atoms with E-state index in [9.17, 15) is 4.79 Å². The summed E-state index contributed by atoms with van der Waals surface area (Å²) < 4.78 is 7.58. The molecule has 0 aliphatic heterocycles. The molecule has 2 heterocycles. The highest BCUT2D eigenvalue weighted by Crippen LogP contribution is 2.32. The fourth-order valence-corrected chi connectivity index (χ4v) is 5.53. The highest BCUT2D eigenvalue weighted by molar-refractivity contribution is 8.01. The van der Waals surface area contributed by atoms with E-state index >= 15 is 0 Å². The number of nitrogens with one attached hydrogen (secondary N) is 2. The number of carbonyl (C=O) groups excluding carboxylic acids is 1. The summed E-state index contributed by atoms with van der Waals surface area (Å²) in [5.74, 6) is 1.75. The number of thioether (sulfide) groups is 1. The maximum Gasteiger partial charge on any atom is 0.224 e. The number of fused-ring (bicyclic) bond motifs is 2. The predicted octanol–water partition coefficient (Wildman–Crippen LogP) is 5.65. The number of imidazole rings is 1. The van der Waals surface area contributed by atoms with E-state index in [1.54, 1.807) is 30.2 Å². The number of aryl methyl sites for hydroxylation is 1. The van der Waals surface area contributed by atoms with Crippen molar-refractivity contribution in [2.45, 2.75) is 43.1 Å². The first-order valence-electron chi connectivity index (χ1n) is 10.2. The van der Waals surface area contributed by atoms with Crippen molar-refractivity contribution < 1.29 is 9.53 Å². The van der Waals surface area contributed by atoms with Crippen LogP contribution in [0.25, 0.3) is 21.3 Å². The Balaban J connectivity index is 1.33. The van der Waals surface area contributed by atoms with Crippen molar-refractivity contribution in [2.24, 2.45) is 0 Å². The zero-order valence-electron chi connectivity index (χ0n) is 17.9. The smallest absolute Gasteiger partial charge is 0.224 e. The maximum absolute atomic E-state index is 12.4. The van der Waals surface area contributed by atoms with Crippen LogP contribution in [-0.4, -0.2) is 39.3 Å². The van der Waals surface area contributed by atoms with Gasteiger partial charge in [0.2, 0.25) is 5.91 Å². The molecule has 6 nitrogen and oxygen atoms in total. The van der Waals surface area contributed by atoms with Gasteiger partial charge in [0.1, 0.15) is 5.82 Å². The van der Waals surface area contributed by atoms with Gasteiger partial charge in [-0.15, -0.1) is 11.3 Å². The summed E-state index contributed by atoms with van der Waals surface area (Å²) in [6, 6.07) is 13.7. The Bertz CT molecular complexity index is 1170. The highest BCUT2D eigenvalue weighted by atomic mass is 32.2. The zero-order valence-corrected chi connectivity index (χ0v) is 19.5. The first-order valence-corrected chi connectivity index (χ1v) is 12.0. The fraction of sp³-hybridized carbons (Fsp3) is 0.348. The number of thiazole rings is 1. The maximum atomic E-state index is 12.4. The van der Waals surface area contributed by atoms with Crippen molar-refractivity contribution in [3.8, 4) is 0 Å². The normalized spacial score (nSPS) is 12.0. The molecule has 0 aliphatic rings. The Hall–Kier alpha value is -2.42. The minimum absolute atomic E-state index is 0.0271. The van der Waals surface area contributed by atoms with E-state index in [-0.39, 0.29) is 11.5 Å². The second kappa shape index (κ2) is 9.38. The van der Waals surface area contributed by atoms with E-state index in [1.165, 1.54) is 0 Å². The summed E-state index contributed by atoms with van der Waals surface area (Å²) in [5, 5.41) is 2.99. The Kier molecular flexibility index (Phi) is 6.60. The SMILES string of the molecule is COC(C)(C)CCSc1nc2ccc(NC(=O)CCc3nc4ccccc4[nH]3)cc2s1. The summed E-state index contributed by atoms with van der Waals surface area (Å²) in [5.41, 5.74) is 3.55. The molecule has 31 heavy (non-hydrogen) atoms. The first kappa shape index (κ1) is 21.8. The van der Waals surface area contributed by atoms with Gasteiger partial charge in [-0.25, -0.2) is 9.97 Å². The second-order valence-corrected chi connectivity index (χ2v) is 10.3. The molecule has 2 N–H and O–H groups in total. The van der Waals surface area contributed by atoms with E-state index < -0.39 is 0 Å². The van der Waals surface area contributed by atoms with Crippen LogP contribution in [0.15, 0.2) is 46.8 Å². The Labute approximate surface area is 189 Å². The van der Waals surface area contributed by atoms with E-state index in [1.807, 2.05) is 42.5 Å². The molecule has 0 saturated heterocycles. The summed E-state index contributed by atoms with van der Waals surface area (Å²) in [6.45, 7) is 4.18. The third-order valence-electron chi connectivity index (χ3n) is 5.16. The lowest BCUT2D eigenvalue weighted by Gasteiger charge is -2.21. The second-order valence-electron chi connectivity index (χ2n) is 7.97. The lowest BCUT2D eigenvalue weighted by atomic mass is 10.1. The number of para-hydroxylation sites is 2. The molecule has 162 valence electrons. The largest absolute Gasteiger partial charge is 0.379 e. The first-order chi connectivity index (χ1) is 14.9. The third-order valence-corrected chi connectivity index (χ3v) is 7.32. The van der Waals surface area contributed by atoms with Crippen LogP contribution in [0.5, 0.6) is 0 Å². The molecule has 1 amide bonds. The van der Waals surface area contributed by atoms with E-state index in [0.29, 0.717) is 12.8 Å². The number of aromatic nitrogens is 3. The molecule has 0 aliphatic carbocycles. The van der Waals surface area contributed by atoms with Gasteiger partial charge in [-0.05, 0) is 50.6 Å². The minimum Gasteiger partial charge on any atom is -0.379 e. The van der Waals surface area contributed by atoms with Crippen LogP contribution in [0.2, 0.25) is 0 Å². The van der Waals surface area contributed by atoms with Crippen LogP contribution < -0.4 is 5.32 Å². The van der Waals surface area contributed by atoms with Crippen LogP contribution in [0.1, 0.15) is 32.5 Å². The lowest BCUT2D eigenvalue weighted by molar-refractivity contribution is -0.116. The van der Waals surface area contributed by atoms with Gasteiger partial charge in [0.25, 0.3) is 0 Å². The molecule has 8 heteroatoms. The van der Waals surface area contributed by atoms with Gasteiger partial charge in [-0.2, -0.15) is 0 Å². The number of benzene rings is 2. The number of aromatic amines is 1. The molecule has 0 spiro atoms. The van der Waals surface area contributed by atoms with E-state index in [2.05, 4.69) is 29.1 Å². The average Bonchev–Trinajstić information content (AvgIpc) is 3.35. The molecule has 0 unspecified atom stereocenters. The Morgan fingerprint density at radius 1 is 1.19 bits per heavy atom. The highest BCUT2D eigenvalue weighted by Gasteiger charge is 2.16. The summed E-state index contributed by atoms with van der Waals surface area (Å²) in [6.07, 6.45) is 1.90. The van der Waals surface area contributed by atoms with Gasteiger partial charge in [0.05, 0.1) is 26.9 Å². The number of ether oxygens (including phenoxy) is 1. The van der Waals surface area contributed by atoms with Crippen molar-refractivity contribution in [3.05, 3.63) is 48.3 Å². The van der Waals surface area contributed by atoms with Gasteiger partial charge < -0.3 is 15.0 Å². The molecule has 4 rings (SSSR count). The van der Waals surface area contributed by atoms with Crippen molar-refractivity contribution in [1.29, 1.82) is 0 Å². The minimum atomic E-state index is -0.122. The number of amides is 1. The Morgan fingerprint density at radius 2 is 2.03 bits per heavy atom. The Morgan fingerprint density at radius 3 is 2.84 bits per heavy atom. The summed E-state index contributed by atoms with van der Waals surface area (Å²) >= 11 is 3.40. The van der Waals surface area contributed by atoms with E-state index in [0.717, 1.165) is 49.3 Å². The topological polar surface area (TPSA) is 79.9 Å². The molecule has 2 aromatic heterocycles. The van der Waals surface area contributed by atoms with Crippen LogP contribution >= 0.6 is 23.1 Å². The summed E-state index contributed by atoms with van der Waals surface area (Å²) in [4.78, 5) is 24.9.